The zero-order chi connectivity index (χ0) is 16.3. The van der Waals surface area contributed by atoms with Crippen molar-refractivity contribution in [1.29, 1.82) is 0 Å². The third kappa shape index (κ3) is 5.24. The topological polar surface area (TPSA) is 48.1 Å². The van der Waals surface area contributed by atoms with Gasteiger partial charge in [0, 0.05) is 12.7 Å². The molecule has 0 unspecified atom stereocenters. The molecule has 1 rings (SSSR count). The Morgan fingerprint density at radius 1 is 1.38 bits per heavy atom. The number of ether oxygens (including phenoxy) is 2. The maximum absolute atomic E-state index is 11.3. The van der Waals surface area contributed by atoms with Crippen LogP contribution in [0.2, 0.25) is 18.1 Å². The first-order valence-electron chi connectivity index (χ1n) is 7.69. The Hall–Kier alpha value is -0.653. The van der Waals surface area contributed by atoms with Gasteiger partial charge in [0.1, 0.15) is 5.60 Å². The van der Waals surface area contributed by atoms with E-state index in [2.05, 4.69) is 33.9 Å². The molecule has 0 radical (unpaired) electrons. The Morgan fingerprint density at radius 2 is 2.00 bits per heavy atom. The predicted molar refractivity (Wildman–Crippen MR) is 86.8 cm³/mol. The van der Waals surface area contributed by atoms with Gasteiger partial charge in [0.05, 0.1) is 12.7 Å². The van der Waals surface area contributed by atoms with Crippen molar-refractivity contribution in [2.24, 2.45) is 0 Å². The molecular weight excluding hydrogens is 284 g/mol. The molecule has 0 bridgehead atoms. The first-order valence-corrected chi connectivity index (χ1v) is 10.6. The SMILES string of the molecule is CCOC(=O)/C=C/[C@]1(C)O[C@@H]1CCO[Si](C)(C)C(C)(C)C. The number of epoxide rings is 1. The van der Waals surface area contributed by atoms with Crippen LogP contribution in [0.15, 0.2) is 12.2 Å². The molecule has 2 atom stereocenters. The van der Waals surface area contributed by atoms with E-state index in [9.17, 15) is 4.79 Å². The van der Waals surface area contributed by atoms with E-state index >= 15 is 0 Å². The smallest absolute Gasteiger partial charge is 0.330 e. The lowest BCUT2D eigenvalue weighted by molar-refractivity contribution is -0.137. The first kappa shape index (κ1) is 18.4. The molecule has 122 valence electrons. The number of rotatable bonds is 7. The highest BCUT2D eigenvalue weighted by Crippen LogP contribution is 2.41. The summed E-state index contributed by atoms with van der Waals surface area (Å²) in [5.41, 5.74) is -0.344. The Labute approximate surface area is 130 Å². The molecule has 1 fully saturated rings. The highest BCUT2D eigenvalue weighted by atomic mass is 28.4. The lowest BCUT2D eigenvalue weighted by atomic mass is 10.1. The summed E-state index contributed by atoms with van der Waals surface area (Å²) < 4.78 is 16.7. The molecule has 21 heavy (non-hydrogen) atoms. The van der Waals surface area contributed by atoms with Gasteiger partial charge >= 0.3 is 5.97 Å². The Morgan fingerprint density at radius 3 is 2.52 bits per heavy atom. The first-order chi connectivity index (χ1) is 9.52. The summed E-state index contributed by atoms with van der Waals surface area (Å²) in [6.07, 6.45) is 4.24. The number of hydrogen-bond donors (Lipinski definition) is 0. The van der Waals surface area contributed by atoms with Crippen molar-refractivity contribution in [2.75, 3.05) is 13.2 Å². The van der Waals surface area contributed by atoms with Crippen molar-refractivity contribution >= 4 is 14.3 Å². The number of esters is 1. The molecule has 1 heterocycles. The van der Waals surface area contributed by atoms with E-state index in [0.717, 1.165) is 6.42 Å². The van der Waals surface area contributed by atoms with Gasteiger partial charge in [-0.1, -0.05) is 20.8 Å². The van der Waals surface area contributed by atoms with Crippen LogP contribution in [0.1, 0.15) is 41.0 Å². The summed E-state index contributed by atoms with van der Waals surface area (Å²) in [6.45, 7) is 16.1. The summed E-state index contributed by atoms with van der Waals surface area (Å²) in [4.78, 5) is 11.3. The summed E-state index contributed by atoms with van der Waals surface area (Å²) in [5.74, 6) is -0.314. The zero-order valence-electron chi connectivity index (χ0n) is 14.5. The standard InChI is InChI=1S/C16H30O4Si/c1-8-18-14(17)9-11-16(5)13(20-16)10-12-19-21(6,7)15(2,3)4/h9,11,13H,8,10,12H2,1-7H3/b11-9+/t13-,16+/m1/s1. The molecule has 0 aromatic carbocycles. The van der Waals surface area contributed by atoms with Crippen LogP contribution in [-0.2, 0) is 18.7 Å². The van der Waals surface area contributed by atoms with Crippen LogP contribution >= 0.6 is 0 Å². The second kappa shape index (κ2) is 6.63. The van der Waals surface area contributed by atoms with E-state index in [4.69, 9.17) is 13.9 Å². The van der Waals surface area contributed by atoms with Crippen molar-refractivity contribution in [3.05, 3.63) is 12.2 Å². The van der Waals surface area contributed by atoms with Gasteiger partial charge in [0.25, 0.3) is 0 Å². The second-order valence-electron chi connectivity index (χ2n) is 7.27. The largest absolute Gasteiger partial charge is 0.463 e. The predicted octanol–water partition coefficient (Wildman–Crippen LogP) is 3.68. The van der Waals surface area contributed by atoms with Crippen molar-refractivity contribution in [3.8, 4) is 0 Å². The molecule has 5 heteroatoms. The third-order valence-corrected chi connectivity index (χ3v) is 9.00. The normalized spacial score (nSPS) is 26.1. The molecule has 0 spiro atoms. The van der Waals surface area contributed by atoms with E-state index in [1.54, 1.807) is 13.0 Å². The maximum Gasteiger partial charge on any atom is 0.330 e. The fourth-order valence-electron chi connectivity index (χ4n) is 1.83. The average molecular weight is 314 g/mol. The lowest BCUT2D eigenvalue weighted by Gasteiger charge is -2.36. The maximum atomic E-state index is 11.3. The average Bonchev–Trinajstić information content (AvgIpc) is 2.97. The van der Waals surface area contributed by atoms with Crippen molar-refractivity contribution < 1.29 is 18.7 Å². The van der Waals surface area contributed by atoms with E-state index in [1.807, 2.05) is 6.92 Å². The molecule has 0 aliphatic carbocycles. The number of carbonyl (C=O) groups is 1. The van der Waals surface area contributed by atoms with Gasteiger partial charge in [0.15, 0.2) is 8.32 Å². The van der Waals surface area contributed by atoms with Gasteiger partial charge in [-0.15, -0.1) is 0 Å². The van der Waals surface area contributed by atoms with Crippen molar-refractivity contribution in [2.45, 2.75) is 70.9 Å². The van der Waals surface area contributed by atoms with Gasteiger partial charge in [0.2, 0.25) is 0 Å². The molecule has 0 saturated carbocycles. The van der Waals surface area contributed by atoms with Gasteiger partial charge in [-0.25, -0.2) is 4.79 Å². The van der Waals surface area contributed by atoms with Crippen LogP contribution in [-0.4, -0.2) is 39.2 Å². The molecule has 0 N–H and O–H groups in total. The highest BCUT2D eigenvalue weighted by Gasteiger charge is 2.50. The van der Waals surface area contributed by atoms with Gasteiger partial charge in [-0.2, -0.15) is 0 Å². The summed E-state index contributed by atoms with van der Waals surface area (Å²) >= 11 is 0. The van der Waals surface area contributed by atoms with Gasteiger partial charge in [-0.3, -0.25) is 0 Å². The van der Waals surface area contributed by atoms with Gasteiger partial charge in [-0.05, 0) is 44.5 Å². The van der Waals surface area contributed by atoms with E-state index in [1.165, 1.54) is 6.08 Å². The summed E-state index contributed by atoms with van der Waals surface area (Å²) in [7, 11) is -1.69. The van der Waals surface area contributed by atoms with Crippen LogP contribution in [0.3, 0.4) is 0 Å². The minimum atomic E-state index is -1.69. The fraction of sp³-hybridized carbons (Fsp3) is 0.812. The molecular formula is C16H30O4Si. The molecule has 1 saturated heterocycles. The second-order valence-corrected chi connectivity index (χ2v) is 12.1. The lowest BCUT2D eigenvalue weighted by Crippen LogP contribution is -2.41. The highest BCUT2D eigenvalue weighted by molar-refractivity contribution is 6.74. The van der Waals surface area contributed by atoms with Crippen LogP contribution in [0.5, 0.6) is 0 Å². The minimum Gasteiger partial charge on any atom is -0.463 e. The molecule has 1 aliphatic rings. The van der Waals surface area contributed by atoms with Crippen LogP contribution in [0.25, 0.3) is 0 Å². The Balaban J connectivity index is 2.35. The Kier molecular flexibility index (Phi) is 5.81. The van der Waals surface area contributed by atoms with Crippen LogP contribution in [0.4, 0.5) is 0 Å². The number of hydrogen-bond acceptors (Lipinski definition) is 4. The molecule has 0 amide bonds. The van der Waals surface area contributed by atoms with E-state index in [-0.39, 0.29) is 22.7 Å². The summed E-state index contributed by atoms with van der Waals surface area (Å²) in [5, 5.41) is 0.227. The number of carbonyl (C=O) groups excluding carboxylic acids is 1. The quantitative estimate of drug-likeness (QED) is 0.311. The van der Waals surface area contributed by atoms with Crippen molar-refractivity contribution in [3.63, 3.8) is 0 Å². The Bertz CT molecular complexity index is 398. The van der Waals surface area contributed by atoms with E-state index < -0.39 is 8.32 Å². The summed E-state index contributed by atoms with van der Waals surface area (Å²) in [6, 6.07) is 0. The third-order valence-electron chi connectivity index (χ3n) is 4.46. The van der Waals surface area contributed by atoms with Crippen LogP contribution < -0.4 is 0 Å². The van der Waals surface area contributed by atoms with E-state index in [0.29, 0.717) is 13.2 Å². The molecule has 0 aromatic heterocycles. The fourth-order valence-corrected chi connectivity index (χ4v) is 2.89. The molecule has 4 nitrogen and oxygen atoms in total. The zero-order valence-corrected chi connectivity index (χ0v) is 15.5. The van der Waals surface area contributed by atoms with Crippen LogP contribution in [0, 0.1) is 0 Å². The van der Waals surface area contributed by atoms with Gasteiger partial charge < -0.3 is 13.9 Å². The van der Waals surface area contributed by atoms with Crippen molar-refractivity contribution in [1.82, 2.24) is 0 Å². The monoisotopic (exact) mass is 314 g/mol. The minimum absolute atomic E-state index is 0.132. The molecule has 0 aromatic rings. The molecule has 1 aliphatic heterocycles.